The molecular formula is C18H18N4O3S. The van der Waals surface area contributed by atoms with Gasteiger partial charge in [0.15, 0.2) is 0 Å². The number of benzene rings is 2. The smallest absolute Gasteiger partial charge is 0.251 e. The van der Waals surface area contributed by atoms with Crippen LogP contribution in [0.2, 0.25) is 0 Å². The third-order valence-corrected chi connectivity index (χ3v) is 4.84. The summed E-state index contributed by atoms with van der Waals surface area (Å²) < 4.78 is 24.6. The molecule has 3 aromatic rings. The second-order valence-electron chi connectivity index (χ2n) is 5.81. The highest BCUT2D eigenvalue weighted by Crippen LogP contribution is 2.17. The Bertz CT molecular complexity index is 1010. The summed E-state index contributed by atoms with van der Waals surface area (Å²) in [5.74, 6) is -0.259. The third-order valence-electron chi connectivity index (χ3n) is 3.93. The summed E-state index contributed by atoms with van der Waals surface area (Å²) in [7, 11) is -3.79. The minimum atomic E-state index is -3.79. The van der Waals surface area contributed by atoms with Crippen molar-refractivity contribution in [3.8, 4) is 5.69 Å². The number of carbonyl (C=O) groups excluding carboxylic acids is 1. The number of nitrogens with two attached hydrogens (primary N) is 1. The summed E-state index contributed by atoms with van der Waals surface area (Å²) in [6, 6.07) is 14.7. The molecule has 1 unspecified atom stereocenters. The molecule has 3 N–H and O–H groups in total. The van der Waals surface area contributed by atoms with Gasteiger partial charge in [0.05, 0.1) is 16.6 Å². The molecule has 0 fully saturated rings. The zero-order chi connectivity index (χ0) is 18.7. The molecule has 134 valence electrons. The summed E-state index contributed by atoms with van der Waals surface area (Å²) in [6.45, 7) is 1.78. The van der Waals surface area contributed by atoms with Crippen molar-refractivity contribution >= 4 is 15.9 Å². The molecule has 0 radical (unpaired) electrons. The molecule has 0 aliphatic carbocycles. The lowest BCUT2D eigenvalue weighted by atomic mass is 10.1. The van der Waals surface area contributed by atoms with Crippen LogP contribution in [0.4, 0.5) is 0 Å². The molecule has 1 heterocycles. The predicted molar refractivity (Wildman–Crippen MR) is 97.3 cm³/mol. The van der Waals surface area contributed by atoms with Crippen LogP contribution in [0.1, 0.15) is 28.9 Å². The fourth-order valence-corrected chi connectivity index (χ4v) is 3.08. The van der Waals surface area contributed by atoms with Crippen LogP contribution in [0.3, 0.4) is 0 Å². The van der Waals surface area contributed by atoms with E-state index in [1.807, 2.05) is 12.3 Å². The first kappa shape index (κ1) is 17.8. The van der Waals surface area contributed by atoms with E-state index in [1.165, 1.54) is 12.1 Å². The van der Waals surface area contributed by atoms with Crippen molar-refractivity contribution < 1.29 is 13.2 Å². The van der Waals surface area contributed by atoms with Crippen LogP contribution >= 0.6 is 0 Å². The van der Waals surface area contributed by atoms with E-state index in [1.54, 1.807) is 54.2 Å². The van der Waals surface area contributed by atoms with Crippen molar-refractivity contribution in [1.29, 1.82) is 0 Å². The molecule has 7 nitrogen and oxygen atoms in total. The largest absolute Gasteiger partial charge is 0.346 e. The van der Waals surface area contributed by atoms with Gasteiger partial charge in [-0.1, -0.05) is 12.1 Å². The average molecular weight is 370 g/mol. The van der Waals surface area contributed by atoms with Gasteiger partial charge in [-0.2, -0.15) is 5.10 Å². The summed E-state index contributed by atoms with van der Waals surface area (Å²) >= 11 is 0. The normalized spacial score (nSPS) is 12.5. The third kappa shape index (κ3) is 3.98. The van der Waals surface area contributed by atoms with Gasteiger partial charge in [0.1, 0.15) is 0 Å². The summed E-state index contributed by atoms with van der Waals surface area (Å²) in [6.07, 6.45) is 3.49. The van der Waals surface area contributed by atoms with Crippen molar-refractivity contribution in [3.05, 3.63) is 78.1 Å². The maximum absolute atomic E-state index is 12.4. The summed E-state index contributed by atoms with van der Waals surface area (Å²) in [5.41, 5.74) is 1.99. The van der Waals surface area contributed by atoms with Gasteiger partial charge < -0.3 is 5.32 Å². The quantitative estimate of drug-likeness (QED) is 0.716. The topological polar surface area (TPSA) is 107 Å². The first-order valence-electron chi connectivity index (χ1n) is 7.88. The first-order valence-corrected chi connectivity index (χ1v) is 9.43. The van der Waals surface area contributed by atoms with Crippen molar-refractivity contribution in [1.82, 2.24) is 15.1 Å². The molecule has 0 aliphatic rings. The Kier molecular flexibility index (Phi) is 4.88. The highest BCUT2D eigenvalue weighted by atomic mass is 32.2. The van der Waals surface area contributed by atoms with E-state index < -0.39 is 10.0 Å². The summed E-state index contributed by atoms with van der Waals surface area (Å²) in [4.78, 5) is 12.4. The van der Waals surface area contributed by atoms with E-state index >= 15 is 0 Å². The molecule has 8 heteroatoms. The van der Waals surface area contributed by atoms with E-state index in [0.29, 0.717) is 11.1 Å². The Morgan fingerprint density at radius 2 is 1.88 bits per heavy atom. The Morgan fingerprint density at radius 1 is 1.15 bits per heavy atom. The van der Waals surface area contributed by atoms with Gasteiger partial charge in [-0.15, -0.1) is 0 Å². The minimum Gasteiger partial charge on any atom is -0.346 e. The number of nitrogens with one attached hydrogen (secondary N) is 1. The molecule has 0 saturated carbocycles. The first-order chi connectivity index (χ1) is 12.3. The van der Waals surface area contributed by atoms with Gasteiger partial charge in [-0.05, 0) is 55.0 Å². The van der Waals surface area contributed by atoms with Crippen LogP contribution in [0, 0.1) is 0 Å². The number of nitrogens with zero attached hydrogens (tertiary/aromatic N) is 2. The van der Waals surface area contributed by atoms with Gasteiger partial charge in [0.2, 0.25) is 10.0 Å². The number of sulfonamides is 1. The SMILES string of the molecule is CC(NC(=O)c1ccc(-n2cccn2)cc1)c1cccc(S(N)(=O)=O)c1. The van der Waals surface area contributed by atoms with E-state index in [9.17, 15) is 13.2 Å². The van der Waals surface area contributed by atoms with Crippen molar-refractivity contribution in [2.75, 3.05) is 0 Å². The number of primary sulfonamides is 1. The van der Waals surface area contributed by atoms with Crippen LogP contribution < -0.4 is 10.5 Å². The standard InChI is InChI=1S/C18H18N4O3S/c1-13(15-4-2-5-17(12-15)26(19,24)25)21-18(23)14-6-8-16(9-7-14)22-11-3-10-20-22/h2-13H,1H3,(H,21,23)(H2,19,24,25). The van der Waals surface area contributed by atoms with Gasteiger partial charge in [0.25, 0.3) is 5.91 Å². The van der Waals surface area contributed by atoms with Gasteiger partial charge in [-0.25, -0.2) is 18.2 Å². The molecule has 0 spiro atoms. The van der Waals surface area contributed by atoms with E-state index in [0.717, 1.165) is 5.69 Å². The zero-order valence-corrected chi connectivity index (χ0v) is 14.8. The van der Waals surface area contributed by atoms with Gasteiger partial charge in [0, 0.05) is 18.0 Å². The van der Waals surface area contributed by atoms with Gasteiger partial charge in [-0.3, -0.25) is 4.79 Å². The number of carbonyl (C=O) groups is 1. The minimum absolute atomic E-state index is 0.0136. The Labute approximate surface area is 151 Å². The number of aromatic nitrogens is 2. The van der Waals surface area contributed by atoms with Crippen molar-refractivity contribution in [3.63, 3.8) is 0 Å². The summed E-state index contributed by atoms with van der Waals surface area (Å²) in [5, 5.41) is 12.1. The highest BCUT2D eigenvalue weighted by Gasteiger charge is 2.14. The van der Waals surface area contributed by atoms with E-state index in [4.69, 9.17) is 5.14 Å². The van der Waals surface area contributed by atoms with Crippen LogP contribution in [-0.4, -0.2) is 24.1 Å². The van der Waals surface area contributed by atoms with Crippen LogP contribution in [0.5, 0.6) is 0 Å². The van der Waals surface area contributed by atoms with E-state index in [2.05, 4.69) is 10.4 Å². The Morgan fingerprint density at radius 3 is 2.50 bits per heavy atom. The molecule has 0 saturated heterocycles. The lowest BCUT2D eigenvalue weighted by Gasteiger charge is -2.15. The molecule has 0 bridgehead atoms. The maximum atomic E-state index is 12.4. The zero-order valence-electron chi connectivity index (χ0n) is 14.0. The van der Waals surface area contributed by atoms with Crippen LogP contribution in [-0.2, 0) is 10.0 Å². The number of hydrogen-bond donors (Lipinski definition) is 2. The second-order valence-corrected chi connectivity index (χ2v) is 7.37. The van der Waals surface area contributed by atoms with Crippen molar-refractivity contribution in [2.45, 2.75) is 17.9 Å². The molecule has 3 rings (SSSR count). The fourth-order valence-electron chi connectivity index (χ4n) is 2.51. The second kappa shape index (κ2) is 7.11. The van der Waals surface area contributed by atoms with E-state index in [-0.39, 0.29) is 16.8 Å². The number of hydrogen-bond acceptors (Lipinski definition) is 4. The Balaban J connectivity index is 1.73. The number of amides is 1. The van der Waals surface area contributed by atoms with Crippen LogP contribution in [0.25, 0.3) is 5.69 Å². The highest BCUT2D eigenvalue weighted by molar-refractivity contribution is 7.89. The lowest BCUT2D eigenvalue weighted by Crippen LogP contribution is -2.26. The Hall–Kier alpha value is -2.97. The van der Waals surface area contributed by atoms with Gasteiger partial charge >= 0.3 is 0 Å². The lowest BCUT2D eigenvalue weighted by molar-refractivity contribution is 0.0940. The fraction of sp³-hybridized carbons (Fsp3) is 0.111. The molecule has 1 aromatic heterocycles. The predicted octanol–water partition coefficient (Wildman–Crippen LogP) is 2.01. The number of rotatable bonds is 5. The molecular weight excluding hydrogens is 352 g/mol. The van der Waals surface area contributed by atoms with Crippen LogP contribution in [0.15, 0.2) is 71.9 Å². The molecule has 26 heavy (non-hydrogen) atoms. The molecule has 2 aromatic carbocycles. The molecule has 1 amide bonds. The monoisotopic (exact) mass is 370 g/mol. The molecule has 0 aliphatic heterocycles. The average Bonchev–Trinajstić information content (AvgIpc) is 3.16. The van der Waals surface area contributed by atoms with Crippen molar-refractivity contribution in [2.24, 2.45) is 5.14 Å². The maximum Gasteiger partial charge on any atom is 0.251 e. The molecule has 1 atom stereocenters.